The Hall–Kier alpha value is -2.66. The normalized spacial score (nSPS) is 10.3. The van der Waals surface area contributed by atoms with Crippen LogP contribution in [0.2, 0.25) is 5.02 Å². The molecule has 0 radical (unpaired) electrons. The zero-order valence-corrected chi connectivity index (χ0v) is 13.4. The molecule has 0 bridgehead atoms. The van der Waals surface area contributed by atoms with E-state index < -0.39 is 0 Å². The molecular formula is C17H16ClN5. The standard InChI is InChI=1S/C17H16ClN5/c1-12-9-14(18)4-5-15(12)22-17-20-8-6-16(23-17)21-11-13-3-2-7-19-10-13/h2-10H,11H2,1H3,(H2,20,21,22,23). The molecule has 116 valence electrons. The van der Waals surface area contributed by atoms with Crippen molar-refractivity contribution in [2.45, 2.75) is 13.5 Å². The van der Waals surface area contributed by atoms with Gasteiger partial charge in [0, 0.05) is 35.8 Å². The van der Waals surface area contributed by atoms with Crippen molar-refractivity contribution < 1.29 is 0 Å². The number of aromatic nitrogens is 3. The van der Waals surface area contributed by atoms with Crippen LogP contribution in [0.25, 0.3) is 0 Å². The summed E-state index contributed by atoms with van der Waals surface area (Å²) in [5, 5.41) is 7.17. The molecule has 0 fully saturated rings. The van der Waals surface area contributed by atoms with Crippen molar-refractivity contribution in [3.63, 3.8) is 0 Å². The molecule has 5 nitrogen and oxygen atoms in total. The second-order valence-corrected chi connectivity index (χ2v) is 5.50. The van der Waals surface area contributed by atoms with E-state index in [2.05, 4.69) is 25.6 Å². The third-order valence-electron chi connectivity index (χ3n) is 3.29. The molecule has 2 heterocycles. The fourth-order valence-corrected chi connectivity index (χ4v) is 2.33. The van der Waals surface area contributed by atoms with Crippen molar-refractivity contribution in [3.05, 3.63) is 71.1 Å². The topological polar surface area (TPSA) is 62.7 Å². The third kappa shape index (κ3) is 4.17. The van der Waals surface area contributed by atoms with Gasteiger partial charge in [-0.15, -0.1) is 0 Å². The zero-order valence-electron chi connectivity index (χ0n) is 12.6. The highest BCUT2D eigenvalue weighted by molar-refractivity contribution is 6.30. The Bertz CT molecular complexity index is 792. The fourth-order valence-electron chi connectivity index (χ4n) is 2.10. The molecule has 0 unspecified atom stereocenters. The number of pyridine rings is 1. The van der Waals surface area contributed by atoms with E-state index in [4.69, 9.17) is 11.6 Å². The molecule has 0 aliphatic carbocycles. The highest BCUT2D eigenvalue weighted by Gasteiger charge is 2.03. The van der Waals surface area contributed by atoms with Crippen LogP contribution in [0, 0.1) is 6.92 Å². The zero-order chi connectivity index (χ0) is 16.1. The highest BCUT2D eigenvalue weighted by atomic mass is 35.5. The maximum atomic E-state index is 5.97. The highest BCUT2D eigenvalue weighted by Crippen LogP contribution is 2.22. The van der Waals surface area contributed by atoms with Crippen LogP contribution in [-0.4, -0.2) is 15.0 Å². The van der Waals surface area contributed by atoms with Crippen LogP contribution in [-0.2, 0) is 6.54 Å². The lowest BCUT2D eigenvalue weighted by Gasteiger charge is -2.10. The van der Waals surface area contributed by atoms with E-state index in [0.717, 1.165) is 22.6 Å². The second-order valence-electron chi connectivity index (χ2n) is 5.06. The molecule has 0 atom stereocenters. The minimum Gasteiger partial charge on any atom is -0.366 e. The van der Waals surface area contributed by atoms with Gasteiger partial charge in [0.25, 0.3) is 0 Å². The van der Waals surface area contributed by atoms with Crippen LogP contribution in [0.1, 0.15) is 11.1 Å². The monoisotopic (exact) mass is 325 g/mol. The summed E-state index contributed by atoms with van der Waals surface area (Å²) in [5.74, 6) is 1.28. The largest absolute Gasteiger partial charge is 0.366 e. The summed E-state index contributed by atoms with van der Waals surface area (Å²) in [6.07, 6.45) is 5.29. The smallest absolute Gasteiger partial charge is 0.229 e. The molecule has 2 N–H and O–H groups in total. The molecule has 6 heteroatoms. The van der Waals surface area contributed by atoms with E-state index in [1.165, 1.54) is 0 Å². The SMILES string of the molecule is Cc1cc(Cl)ccc1Nc1nccc(NCc2cccnc2)n1. The molecular weight excluding hydrogens is 310 g/mol. The van der Waals surface area contributed by atoms with E-state index >= 15 is 0 Å². The van der Waals surface area contributed by atoms with E-state index in [-0.39, 0.29) is 0 Å². The maximum Gasteiger partial charge on any atom is 0.229 e. The summed E-state index contributed by atoms with van der Waals surface area (Å²) in [6.45, 7) is 2.64. The lowest BCUT2D eigenvalue weighted by molar-refractivity contribution is 1.07. The van der Waals surface area contributed by atoms with Crippen LogP contribution in [0.15, 0.2) is 55.0 Å². The van der Waals surface area contributed by atoms with Crippen LogP contribution >= 0.6 is 11.6 Å². The van der Waals surface area contributed by atoms with Crippen LogP contribution < -0.4 is 10.6 Å². The number of halogens is 1. The summed E-state index contributed by atoms with van der Waals surface area (Å²) >= 11 is 5.97. The van der Waals surface area contributed by atoms with E-state index in [9.17, 15) is 0 Å². The number of anilines is 3. The number of benzene rings is 1. The number of hydrogen-bond acceptors (Lipinski definition) is 5. The molecule has 23 heavy (non-hydrogen) atoms. The maximum absolute atomic E-state index is 5.97. The molecule has 0 saturated carbocycles. The molecule has 0 spiro atoms. The Morgan fingerprint density at radius 2 is 2.04 bits per heavy atom. The molecule has 0 amide bonds. The van der Waals surface area contributed by atoms with Gasteiger partial charge >= 0.3 is 0 Å². The number of nitrogens with zero attached hydrogens (tertiary/aromatic N) is 3. The third-order valence-corrected chi connectivity index (χ3v) is 3.52. The minimum absolute atomic E-state index is 0.534. The molecule has 2 aromatic heterocycles. The van der Waals surface area contributed by atoms with Gasteiger partial charge in [0.15, 0.2) is 0 Å². The van der Waals surface area contributed by atoms with Crippen LogP contribution in [0.5, 0.6) is 0 Å². The van der Waals surface area contributed by atoms with Crippen LogP contribution in [0.3, 0.4) is 0 Å². The first-order valence-corrected chi connectivity index (χ1v) is 7.57. The molecule has 3 aromatic rings. The Morgan fingerprint density at radius 3 is 2.83 bits per heavy atom. The summed E-state index contributed by atoms with van der Waals surface area (Å²) in [6, 6.07) is 11.4. The minimum atomic E-state index is 0.534. The van der Waals surface area contributed by atoms with Gasteiger partial charge < -0.3 is 10.6 Å². The Labute approximate surface area is 139 Å². The van der Waals surface area contributed by atoms with Crippen molar-refractivity contribution in [1.82, 2.24) is 15.0 Å². The molecule has 1 aromatic carbocycles. The first kappa shape index (κ1) is 15.2. The van der Waals surface area contributed by atoms with E-state index in [0.29, 0.717) is 17.5 Å². The predicted molar refractivity (Wildman–Crippen MR) is 93.1 cm³/mol. The summed E-state index contributed by atoms with van der Waals surface area (Å²) in [5.41, 5.74) is 3.06. The second kappa shape index (κ2) is 7.07. The van der Waals surface area contributed by atoms with Gasteiger partial charge in [0.05, 0.1) is 0 Å². The first-order valence-electron chi connectivity index (χ1n) is 7.20. The van der Waals surface area contributed by atoms with Gasteiger partial charge in [-0.1, -0.05) is 17.7 Å². The van der Waals surface area contributed by atoms with Crippen molar-refractivity contribution in [2.75, 3.05) is 10.6 Å². The molecule has 0 aliphatic rings. The van der Waals surface area contributed by atoms with Gasteiger partial charge in [0.1, 0.15) is 5.82 Å². The summed E-state index contributed by atoms with van der Waals surface area (Å²) in [4.78, 5) is 12.8. The Morgan fingerprint density at radius 1 is 1.13 bits per heavy atom. The fraction of sp³-hybridized carbons (Fsp3) is 0.118. The number of rotatable bonds is 5. The van der Waals surface area contributed by atoms with Gasteiger partial charge in [-0.3, -0.25) is 4.98 Å². The van der Waals surface area contributed by atoms with E-state index in [1.807, 2.05) is 49.5 Å². The van der Waals surface area contributed by atoms with Crippen molar-refractivity contribution >= 4 is 29.1 Å². The first-order chi connectivity index (χ1) is 11.2. The average molecular weight is 326 g/mol. The van der Waals surface area contributed by atoms with Gasteiger partial charge in [-0.05, 0) is 48.4 Å². The molecule has 0 aliphatic heterocycles. The lowest BCUT2D eigenvalue weighted by atomic mass is 10.2. The van der Waals surface area contributed by atoms with Gasteiger partial charge in [-0.25, -0.2) is 4.98 Å². The van der Waals surface area contributed by atoms with Crippen LogP contribution in [0.4, 0.5) is 17.5 Å². The van der Waals surface area contributed by atoms with Gasteiger partial charge in [-0.2, -0.15) is 4.98 Å². The van der Waals surface area contributed by atoms with E-state index in [1.54, 1.807) is 12.4 Å². The Balaban J connectivity index is 1.69. The number of nitrogens with one attached hydrogen (secondary N) is 2. The summed E-state index contributed by atoms with van der Waals surface area (Å²) in [7, 11) is 0. The molecule has 3 rings (SSSR count). The average Bonchev–Trinajstić information content (AvgIpc) is 2.57. The quantitative estimate of drug-likeness (QED) is 0.736. The van der Waals surface area contributed by atoms with Gasteiger partial charge in [0.2, 0.25) is 5.95 Å². The molecule has 0 saturated heterocycles. The van der Waals surface area contributed by atoms with Crippen molar-refractivity contribution in [3.8, 4) is 0 Å². The van der Waals surface area contributed by atoms with Crippen molar-refractivity contribution in [1.29, 1.82) is 0 Å². The Kier molecular flexibility index (Phi) is 4.68. The number of hydrogen-bond donors (Lipinski definition) is 2. The summed E-state index contributed by atoms with van der Waals surface area (Å²) < 4.78 is 0. The van der Waals surface area contributed by atoms with Crippen molar-refractivity contribution in [2.24, 2.45) is 0 Å². The predicted octanol–water partition coefficient (Wildman–Crippen LogP) is 4.19. The lowest BCUT2D eigenvalue weighted by Crippen LogP contribution is -2.04. The number of aryl methyl sites for hydroxylation is 1.